The Morgan fingerprint density at radius 2 is 0.767 bits per heavy atom. The highest BCUT2D eigenvalue weighted by Gasteiger charge is 2.45. The summed E-state index contributed by atoms with van der Waals surface area (Å²) in [6, 6.07) is 0. The maximum absolute atomic E-state index is 7.09. The van der Waals surface area contributed by atoms with Crippen LogP contribution in [0.25, 0.3) is 0 Å². The molecule has 0 aromatic rings. The van der Waals surface area contributed by atoms with Crippen LogP contribution in [0, 0.1) is 0 Å². The van der Waals surface area contributed by atoms with Gasteiger partial charge < -0.3 is 8.85 Å². The van der Waals surface area contributed by atoms with Crippen molar-refractivity contribution in [2.24, 2.45) is 0 Å². The first kappa shape index (κ1) is 31.1. The molecular weight excluding hydrogens is 441 g/mol. The number of rotatable bonds is 9. The SMILES string of the molecule is CC(C)(C)SC[C@H](O[Si](C)(C)C(C)(C)C)[C@H](CSC(C)(C)C)O[Si](C)(C)C(C)(C)C. The van der Waals surface area contributed by atoms with Crippen molar-refractivity contribution in [1.29, 1.82) is 0 Å². The Hall–Kier alpha value is 1.05. The highest BCUT2D eigenvalue weighted by Crippen LogP contribution is 2.42. The molecule has 0 aromatic carbocycles. The molecule has 0 rings (SSSR count). The van der Waals surface area contributed by atoms with Crippen LogP contribution in [0.1, 0.15) is 83.1 Å². The molecule has 30 heavy (non-hydrogen) atoms. The summed E-state index contributed by atoms with van der Waals surface area (Å²) in [5, 5.41) is 0.382. The van der Waals surface area contributed by atoms with Gasteiger partial charge >= 0.3 is 0 Å². The zero-order valence-electron chi connectivity index (χ0n) is 23.2. The summed E-state index contributed by atoms with van der Waals surface area (Å²) in [5.41, 5.74) is 0. The van der Waals surface area contributed by atoms with Crippen molar-refractivity contribution in [2.75, 3.05) is 11.5 Å². The Morgan fingerprint density at radius 1 is 0.533 bits per heavy atom. The molecule has 2 atom stereocenters. The van der Waals surface area contributed by atoms with E-state index >= 15 is 0 Å². The average molecular weight is 495 g/mol. The van der Waals surface area contributed by atoms with Gasteiger partial charge in [-0.05, 0) is 36.3 Å². The van der Waals surface area contributed by atoms with E-state index < -0.39 is 16.6 Å². The third-order valence-corrected chi connectivity index (χ3v) is 18.0. The average Bonchev–Trinajstić information content (AvgIpc) is 2.43. The second kappa shape index (κ2) is 10.5. The molecule has 0 aliphatic heterocycles. The second-order valence-corrected chi connectivity index (χ2v) is 26.9. The van der Waals surface area contributed by atoms with Crippen LogP contribution in [0.3, 0.4) is 0 Å². The smallest absolute Gasteiger partial charge is 0.192 e. The first-order valence-electron chi connectivity index (χ1n) is 11.5. The van der Waals surface area contributed by atoms with Crippen LogP contribution in [0.4, 0.5) is 0 Å². The maximum Gasteiger partial charge on any atom is 0.192 e. The molecule has 0 heterocycles. The van der Waals surface area contributed by atoms with E-state index in [2.05, 4.69) is 109 Å². The van der Waals surface area contributed by atoms with Gasteiger partial charge in [0.2, 0.25) is 0 Å². The van der Waals surface area contributed by atoms with Gasteiger partial charge in [-0.2, -0.15) is 23.5 Å². The molecule has 0 saturated heterocycles. The quantitative estimate of drug-likeness (QED) is 0.298. The summed E-state index contributed by atoms with van der Waals surface area (Å²) in [6.07, 6.45) is 0.248. The Morgan fingerprint density at radius 3 is 0.933 bits per heavy atom. The fourth-order valence-corrected chi connectivity index (χ4v) is 7.04. The fraction of sp³-hybridized carbons (Fsp3) is 1.00. The second-order valence-electron chi connectivity index (χ2n) is 13.7. The van der Waals surface area contributed by atoms with Crippen molar-refractivity contribution < 1.29 is 8.85 Å². The van der Waals surface area contributed by atoms with Crippen molar-refractivity contribution in [3.8, 4) is 0 Å². The first-order valence-corrected chi connectivity index (χ1v) is 19.3. The van der Waals surface area contributed by atoms with Crippen LogP contribution in [0.15, 0.2) is 0 Å². The van der Waals surface area contributed by atoms with Gasteiger partial charge in [-0.3, -0.25) is 0 Å². The highest BCUT2D eigenvalue weighted by molar-refractivity contribution is 8.01. The van der Waals surface area contributed by atoms with E-state index in [9.17, 15) is 0 Å². The fourth-order valence-electron chi connectivity index (χ4n) is 2.21. The molecule has 0 unspecified atom stereocenters. The van der Waals surface area contributed by atoms with Gasteiger partial charge in [-0.25, -0.2) is 0 Å². The summed E-state index contributed by atoms with van der Waals surface area (Å²) in [6.45, 7) is 37.3. The van der Waals surface area contributed by atoms with Crippen molar-refractivity contribution in [3.05, 3.63) is 0 Å². The molecule has 0 radical (unpaired) electrons. The molecule has 0 aliphatic rings. The number of hydrogen-bond acceptors (Lipinski definition) is 4. The summed E-state index contributed by atoms with van der Waals surface area (Å²) in [7, 11) is -3.82. The van der Waals surface area contributed by atoms with Gasteiger partial charge in [0.05, 0.1) is 12.2 Å². The van der Waals surface area contributed by atoms with Crippen molar-refractivity contribution >= 4 is 40.2 Å². The summed E-state index contributed by atoms with van der Waals surface area (Å²) in [5.74, 6) is 1.97. The zero-order chi connectivity index (χ0) is 24.4. The highest BCUT2D eigenvalue weighted by atomic mass is 32.2. The van der Waals surface area contributed by atoms with E-state index in [0.717, 1.165) is 11.5 Å². The number of hydrogen-bond donors (Lipinski definition) is 0. The third-order valence-electron chi connectivity index (χ3n) is 6.28. The van der Waals surface area contributed by atoms with Crippen LogP contribution < -0.4 is 0 Å². The molecule has 0 bridgehead atoms. The van der Waals surface area contributed by atoms with Crippen molar-refractivity contribution in [2.45, 2.75) is 141 Å². The molecule has 0 amide bonds. The van der Waals surface area contributed by atoms with Gasteiger partial charge in [0.1, 0.15) is 0 Å². The van der Waals surface area contributed by atoms with Crippen molar-refractivity contribution in [1.82, 2.24) is 0 Å². The normalized spacial score (nSPS) is 17.2. The molecule has 0 aliphatic carbocycles. The van der Waals surface area contributed by atoms with E-state index in [4.69, 9.17) is 8.85 Å². The van der Waals surface area contributed by atoms with E-state index in [1.807, 2.05) is 23.5 Å². The predicted molar refractivity (Wildman–Crippen MR) is 149 cm³/mol. The van der Waals surface area contributed by atoms with Gasteiger partial charge in [-0.15, -0.1) is 0 Å². The number of thioether (sulfide) groups is 2. The largest absolute Gasteiger partial charge is 0.410 e. The lowest BCUT2D eigenvalue weighted by atomic mass is 10.2. The third kappa shape index (κ3) is 11.3. The zero-order valence-corrected chi connectivity index (χ0v) is 26.8. The van der Waals surface area contributed by atoms with Gasteiger partial charge in [0.25, 0.3) is 0 Å². The lowest BCUT2D eigenvalue weighted by Gasteiger charge is -2.45. The molecule has 0 saturated carbocycles. The van der Waals surface area contributed by atoms with E-state index in [0.29, 0.717) is 0 Å². The van der Waals surface area contributed by atoms with E-state index in [1.54, 1.807) is 0 Å². The monoisotopic (exact) mass is 494 g/mol. The van der Waals surface area contributed by atoms with Crippen molar-refractivity contribution in [3.63, 3.8) is 0 Å². The molecule has 6 heteroatoms. The lowest BCUT2D eigenvalue weighted by molar-refractivity contribution is 0.0641. The maximum atomic E-state index is 7.09. The van der Waals surface area contributed by atoms with Crippen LogP contribution in [-0.4, -0.2) is 49.8 Å². The topological polar surface area (TPSA) is 18.5 Å². The molecule has 0 N–H and O–H groups in total. The van der Waals surface area contributed by atoms with E-state index in [-0.39, 0.29) is 31.8 Å². The summed E-state index contributed by atoms with van der Waals surface area (Å²) < 4.78 is 14.6. The summed E-state index contributed by atoms with van der Waals surface area (Å²) >= 11 is 4.02. The van der Waals surface area contributed by atoms with Crippen LogP contribution in [0.5, 0.6) is 0 Å². The van der Waals surface area contributed by atoms with Crippen LogP contribution >= 0.6 is 23.5 Å². The van der Waals surface area contributed by atoms with Gasteiger partial charge in [0.15, 0.2) is 16.6 Å². The Kier molecular flexibility index (Phi) is 10.9. The minimum atomic E-state index is -1.91. The molecule has 0 fully saturated rings. The molecule has 0 aromatic heterocycles. The minimum absolute atomic E-state index is 0.124. The van der Waals surface area contributed by atoms with Gasteiger partial charge in [0, 0.05) is 21.0 Å². The minimum Gasteiger partial charge on any atom is -0.410 e. The Bertz CT molecular complexity index is 473. The van der Waals surface area contributed by atoms with Gasteiger partial charge in [-0.1, -0.05) is 83.1 Å². The molecule has 0 spiro atoms. The molecule has 2 nitrogen and oxygen atoms in total. The predicted octanol–water partition coefficient (Wildman–Crippen LogP) is 8.83. The van der Waals surface area contributed by atoms with Crippen LogP contribution in [-0.2, 0) is 8.85 Å². The standard InChI is InChI=1S/C24H54O2S2Si2/c1-21(2,3)27-17-19(25-29(13,14)23(7,8)9)20(18-28-22(4,5)6)26-30(15,16)24(10,11)12/h19-20H,17-18H2,1-16H3/t19-,20-/m0/s1. The lowest BCUT2D eigenvalue weighted by Crippen LogP contribution is -2.53. The molecule has 182 valence electrons. The first-order chi connectivity index (χ1) is 12.9. The van der Waals surface area contributed by atoms with E-state index in [1.165, 1.54) is 0 Å². The summed E-state index contributed by atoms with van der Waals surface area (Å²) in [4.78, 5) is 0. The van der Waals surface area contributed by atoms with Crippen LogP contribution in [0.2, 0.25) is 36.3 Å². The molecular formula is C24H54O2S2Si2. The Balaban J connectivity index is 6.01. The Labute approximate surface area is 201 Å².